The summed E-state index contributed by atoms with van der Waals surface area (Å²) in [5, 5.41) is 0.484. The largest absolute Gasteiger partial charge is 0.495 e. The Balaban J connectivity index is 2.32. The Hall–Kier alpha value is -1.84. The van der Waals surface area contributed by atoms with Gasteiger partial charge in [0.2, 0.25) is 0 Å². The molecule has 0 amide bonds. The third-order valence-corrected chi connectivity index (χ3v) is 3.18. The molecule has 4 heteroatoms. The van der Waals surface area contributed by atoms with Crippen molar-refractivity contribution in [2.45, 2.75) is 6.54 Å². The second-order valence-corrected chi connectivity index (χ2v) is 4.49. The van der Waals surface area contributed by atoms with Gasteiger partial charge in [-0.2, -0.15) is 0 Å². The van der Waals surface area contributed by atoms with Crippen LogP contribution in [0.3, 0.4) is 0 Å². The van der Waals surface area contributed by atoms with Crippen LogP contribution in [0.1, 0.15) is 21.5 Å². The molecule has 0 heterocycles. The first kappa shape index (κ1) is 13.6. The number of nitrogens with two attached hydrogens (primary N) is 1. The van der Waals surface area contributed by atoms with Crippen molar-refractivity contribution < 1.29 is 9.53 Å². The predicted octanol–water partition coefficient (Wildman–Crippen LogP) is 3.04. The van der Waals surface area contributed by atoms with E-state index in [2.05, 4.69) is 0 Å². The number of ether oxygens (including phenoxy) is 1. The summed E-state index contributed by atoms with van der Waals surface area (Å²) < 4.78 is 5.11. The fraction of sp³-hybridized carbons (Fsp3) is 0.133. The fourth-order valence-corrected chi connectivity index (χ4v) is 1.95. The van der Waals surface area contributed by atoms with Gasteiger partial charge in [-0.3, -0.25) is 4.79 Å². The van der Waals surface area contributed by atoms with E-state index in [1.807, 2.05) is 12.1 Å². The number of hydrogen-bond acceptors (Lipinski definition) is 3. The van der Waals surface area contributed by atoms with Crippen LogP contribution < -0.4 is 10.5 Å². The topological polar surface area (TPSA) is 52.3 Å². The van der Waals surface area contributed by atoms with E-state index in [0.717, 1.165) is 5.56 Å². The lowest BCUT2D eigenvalue weighted by Crippen LogP contribution is -2.03. The van der Waals surface area contributed by atoms with E-state index >= 15 is 0 Å². The molecule has 0 aliphatic rings. The van der Waals surface area contributed by atoms with Crippen molar-refractivity contribution in [1.29, 1.82) is 0 Å². The molecule has 2 aromatic carbocycles. The minimum Gasteiger partial charge on any atom is -0.495 e. The van der Waals surface area contributed by atoms with Gasteiger partial charge >= 0.3 is 0 Å². The highest BCUT2D eigenvalue weighted by atomic mass is 35.5. The number of ketones is 1. The van der Waals surface area contributed by atoms with E-state index < -0.39 is 0 Å². The Kier molecular flexibility index (Phi) is 4.20. The number of hydrogen-bond donors (Lipinski definition) is 1. The maximum absolute atomic E-state index is 12.3. The van der Waals surface area contributed by atoms with Gasteiger partial charge in [0.05, 0.1) is 12.1 Å². The monoisotopic (exact) mass is 275 g/mol. The summed E-state index contributed by atoms with van der Waals surface area (Å²) >= 11 is 5.94. The molecule has 0 bridgehead atoms. The second kappa shape index (κ2) is 5.87. The highest BCUT2D eigenvalue weighted by Gasteiger charge is 2.11. The molecule has 0 spiro atoms. The van der Waals surface area contributed by atoms with Gasteiger partial charge in [0.15, 0.2) is 5.78 Å². The number of carbonyl (C=O) groups is 1. The number of rotatable bonds is 4. The number of halogens is 1. The molecule has 3 nitrogen and oxygen atoms in total. The first-order chi connectivity index (χ1) is 9.15. The molecule has 0 saturated heterocycles. The van der Waals surface area contributed by atoms with Gasteiger partial charge in [-0.25, -0.2) is 0 Å². The maximum Gasteiger partial charge on any atom is 0.193 e. The van der Waals surface area contributed by atoms with Gasteiger partial charge in [0.25, 0.3) is 0 Å². The fourth-order valence-electron chi connectivity index (χ4n) is 1.76. The summed E-state index contributed by atoms with van der Waals surface area (Å²) in [7, 11) is 1.52. The normalized spacial score (nSPS) is 10.3. The highest BCUT2D eigenvalue weighted by Crippen LogP contribution is 2.26. The Morgan fingerprint density at radius 1 is 1.16 bits per heavy atom. The lowest BCUT2D eigenvalue weighted by atomic mass is 10.0. The first-order valence-electron chi connectivity index (χ1n) is 5.83. The van der Waals surface area contributed by atoms with Crippen LogP contribution in [0.2, 0.25) is 5.02 Å². The molecule has 0 aromatic heterocycles. The Morgan fingerprint density at radius 2 is 1.79 bits per heavy atom. The van der Waals surface area contributed by atoms with Crippen molar-refractivity contribution in [3.8, 4) is 5.75 Å². The summed E-state index contributed by atoms with van der Waals surface area (Å²) in [6.07, 6.45) is 0. The van der Waals surface area contributed by atoms with E-state index in [4.69, 9.17) is 22.1 Å². The summed E-state index contributed by atoms with van der Waals surface area (Å²) in [4.78, 5) is 12.3. The van der Waals surface area contributed by atoms with Crippen LogP contribution in [0, 0.1) is 0 Å². The van der Waals surface area contributed by atoms with Gasteiger partial charge in [0.1, 0.15) is 5.75 Å². The molecule has 0 aliphatic heterocycles. The van der Waals surface area contributed by atoms with Crippen LogP contribution in [0.5, 0.6) is 5.75 Å². The van der Waals surface area contributed by atoms with Crippen molar-refractivity contribution in [2.75, 3.05) is 7.11 Å². The molecule has 19 heavy (non-hydrogen) atoms. The lowest BCUT2D eigenvalue weighted by Gasteiger charge is -2.06. The van der Waals surface area contributed by atoms with Crippen molar-refractivity contribution in [3.63, 3.8) is 0 Å². The molecule has 0 fully saturated rings. The molecule has 2 N–H and O–H groups in total. The van der Waals surface area contributed by atoms with Crippen LogP contribution in [0.15, 0.2) is 42.5 Å². The average molecular weight is 276 g/mol. The molecule has 98 valence electrons. The van der Waals surface area contributed by atoms with E-state index in [1.54, 1.807) is 30.3 Å². The van der Waals surface area contributed by atoms with Crippen LogP contribution in [0.4, 0.5) is 0 Å². The Labute approximate surface area is 117 Å². The molecule has 0 aliphatic carbocycles. The van der Waals surface area contributed by atoms with Crippen molar-refractivity contribution in [3.05, 3.63) is 64.2 Å². The third kappa shape index (κ3) is 2.95. The van der Waals surface area contributed by atoms with Crippen molar-refractivity contribution in [2.24, 2.45) is 5.73 Å². The summed E-state index contributed by atoms with van der Waals surface area (Å²) in [6.45, 7) is 0.462. The van der Waals surface area contributed by atoms with Gasteiger partial charge in [0, 0.05) is 17.7 Å². The molecule has 2 aromatic rings. The molecular formula is C15H14ClNO2. The summed E-state index contributed by atoms with van der Waals surface area (Å²) in [5.41, 5.74) is 7.67. The maximum atomic E-state index is 12.3. The molecule has 0 atom stereocenters. The highest BCUT2D eigenvalue weighted by molar-refractivity contribution is 6.32. The van der Waals surface area contributed by atoms with Crippen LogP contribution in [0.25, 0.3) is 0 Å². The molecule has 2 rings (SSSR count). The van der Waals surface area contributed by atoms with Crippen LogP contribution in [-0.2, 0) is 6.54 Å². The van der Waals surface area contributed by atoms with Gasteiger partial charge in [-0.05, 0) is 23.8 Å². The minimum absolute atomic E-state index is 0.0708. The predicted molar refractivity (Wildman–Crippen MR) is 75.8 cm³/mol. The van der Waals surface area contributed by atoms with E-state index in [-0.39, 0.29) is 5.78 Å². The van der Waals surface area contributed by atoms with E-state index in [0.29, 0.717) is 28.4 Å². The lowest BCUT2D eigenvalue weighted by molar-refractivity contribution is 0.103. The smallest absolute Gasteiger partial charge is 0.193 e. The number of methoxy groups -OCH3 is 1. The quantitative estimate of drug-likeness (QED) is 0.873. The van der Waals surface area contributed by atoms with Gasteiger partial charge in [-0.1, -0.05) is 35.9 Å². The first-order valence-corrected chi connectivity index (χ1v) is 6.20. The van der Waals surface area contributed by atoms with E-state index in [9.17, 15) is 4.79 Å². The van der Waals surface area contributed by atoms with Crippen LogP contribution >= 0.6 is 11.6 Å². The minimum atomic E-state index is -0.0708. The second-order valence-electron chi connectivity index (χ2n) is 4.08. The summed E-state index contributed by atoms with van der Waals surface area (Å²) in [5.74, 6) is 0.421. The van der Waals surface area contributed by atoms with Gasteiger partial charge < -0.3 is 10.5 Å². The van der Waals surface area contributed by atoms with Gasteiger partial charge in [-0.15, -0.1) is 0 Å². The van der Waals surface area contributed by atoms with E-state index in [1.165, 1.54) is 7.11 Å². The Bertz CT molecular complexity index is 594. The molecule has 0 radical (unpaired) electrons. The van der Waals surface area contributed by atoms with Crippen molar-refractivity contribution in [1.82, 2.24) is 0 Å². The molecular weight excluding hydrogens is 262 g/mol. The number of carbonyl (C=O) groups excluding carboxylic acids is 1. The Morgan fingerprint density at radius 3 is 2.37 bits per heavy atom. The standard InChI is InChI=1S/C15H14ClNO2/c1-19-14-8-12(6-7-13(14)16)15(18)11-4-2-10(9-17)3-5-11/h2-8H,9,17H2,1H3. The molecule has 0 unspecified atom stereocenters. The zero-order chi connectivity index (χ0) is 13.8. The van der Waals surface area contributed by atoms with Crippen LogP contribution in [-0.4, -0.2) is 12.9 Å². The third-order valence-electron chi connectivity index (χ3n) is 2.87. The summed E-state index contributed by atoms with van der Waals surface area (Å²) in [6, 6.07) is 12.2. The average Bonchev–Trinajstić information content (AvgIpc) is 2.47. The molecule has 0 saturated carbocycles. The van der Waals surface area contributed by atoms with Crippen molar-refractivity contribution >= 4 is 17.4 Å². The zero-order valence-electron chi connectivity index (χ0n) is 10.5. The SMILES string of the molecule is COc1cc(C(=O)c2ccc(CN)cc2)ccc1Cl. The number of benzene rings is 2. The zero-order valence-corrected chi connectivity index (χ0v) is 11.3.